The van der Waals surface area contributed by atoms with Gasteiger partial charge >= 0.3 is 0 Å². The van der Waals surface area contributed by atoms with Crippen molar-refractivity contribution in [2.24, 2.45) is 0 Å². The molecule has 4 nitrogen and oxygen atoms in total. The summed E-state index contributed by atoms with van der Waals surface area (Å²) in [7, 11) is 1.84. The molecule has 128 valence electrons. The van der Waals surface area contributed by atoms with E-state index in [1.54, 1.807) is 35.2 Å². The number of halogens is 1. The molecule has 1 atom stereocenters. The van der Waals surface area contributed by atoms with Gasteiger partial charge in [-0.25, -0.2) is 0 Å². The molecule has 0 amide bonds. The second-order valence-electron chi connectivity index (χ2n) is 5.85. The molecule has 3 rings (SSSR count). The lowest BCUT2D eigenvalue weighted by Crippen LogP contribution is -2.45. The summed E-state index contributed by atoms with van der Waals surface area (Å²) in [6.07, 6.45) is 0. The minimum atomic E-state index is -0.381. The van der Waals surface area contributed by atoms with Crippen molar-refractivity contribution in [1.82, 2.24) is 10.2 Å². The van der Waals surface area contributed by atoms with Gasteiger partial charge in [-0.2, -0.15) is 0 Å². The minimum absolute atomic E-state index is 0.0471. The van der Waals surface area contributed by atoms with Crippen LogP contribution in [0.2, 0.25) is 0 Å². The Morgan fingerprint density at radius 3 is 2.56 bits per heavy atom. The first kappa shape index (κ1) is 17.6. The Hall–Kier alpha value is -2.18. The van der Waals surface area contributed by atoms with Gasteiger partial charge in [-0.3, -0.25) is 4.79 Å². The van der Waals surface area contributed by atoms with Crippen LogP contribution in [0.25, 0.3) is 0 Å². The van der Waals surface area contributed by atoms with Crippen molar-refractivity contribution >= 4 is 39.0 Å². The van der Waals surface area contributed by atoms with Crippen molar-refractivity contribution in [1.29, 1.82) is 0 Å². The fourth-order valence-corrected chi connectivity index (χ4v) is 3.48. The number of phenols is 1. The van der Waals surface area contributed by atoms with Gasteiger partial charge in [-0.1, -0.05) is 36.4 Å². The van der Waals surface area contributed by atoms with E-state index in [-0.39, 0.29) is 17.6 Å². The third kappa shape index (κ3) is 3.32. The van der Waals surface area contributed by atoms with E-state index < -0.39 is 0 Å². The van der Waals surface area contributed by atoms with Crippen LogP contribution in [0.4, 0.5) is 0 Å². The molecule has 0 aromatic heterocycles. The molecule has 0 bridgehead atoms. The molecule has 0 aliphatic carbocycles. The van der Waals surface area contributed by atoms with E-state index in [9.17, 15) is 9.90 Å². The quantitative estimate of drug-likeness (QED) is 0.580. The van der Waals surface area contributed by atoms with E-state index in [0.717, 1.165) is 11.3 Å². The first-order chi connectivity index (χ1) is 11.9. The molecule has 2 N–H and O–H groups in total. The van der Waals surface area contributed by atoms with Crippen molar-refractivity contribution < 1.29 is 9.90 Å². The topological polar surface area (TPSA) is 52.6 Å². The molecule has 1 unspecified atom stereocenters. The lowest BCUT2D eigenvalue weighted by atomic mass is 9.89. The largest absolute Gasteiger partial charge is 0.507 e. The van der Waals surface area contributed by atoms with E-state index in [2.05, 4.69) is 21.2 Å². The highest BCUT2D eigenvalue weighted by atomic mass is 79.9. The molecule has 1 aliphatic rings. The molecule has 6 heteroatoms. The number of Topliss-reactive ketones (excluding diaryl/α,β-unsaturated/α-hetero) is 1. The number of hydrogen-bond acceptors (Lipinski definition) is 3. The standard InChI is InChI=1S/C19H17BrN2O2S/c1-11-16(18(24)12-6-4-3-5-7-12)17(21-19(25)22(11)2)13-8-9-15(23)14(20)10-13/h3-10,17,23H,1-2H3,(H,21,25). The van der Waals surface area contributed by atoms with Crippen LogP contribution in [-0.2, 0) is 0 Å². The van der Waals surface area contributed by atoms with Crippen LogP contribution in [0.3, 0.4) is 0 Å². The van der Waals surface area contributed by atoms with Crippen LogP contribution in [0.1, 0.15) is 28.9 Å². The first-order valence-corrected chi connectivity index (χ1v) is 8.93. The number of aromatic hydroxyl groups is 1. The van der Waals surface area contributed by atoms with Crippen LogP contribution in [0, 0.1) is 0 Å². The highest BCUT2D eigenvalue weighted by Gasteiger charge is 2.33. The maximum Gasteiger partial charge on any atom is 0.193 e. The van der Waals surface area contributed by atoms with Gasteiger partial charge < -0.3 is 15.3 Å². The normalized spacial score (nSPS) is 17.5. The van der Waals surface area contributed by atoms with Crippen molar-refractivity contribution in [3.05, 3.63) is 75.4 Å². The summed E-state index contributed by atoms with van der Waals surface area (Å²) < 4.78 is 0.570. The first-order valence-electron chi connectivity index (χ1n) is 7.73. The maximum absolute atomic E-state index is 13.2. The molecule has 2 aromatic rings. The summed E-state index contributed by atoms with van der Waals surface area (Å²) >= 11 is 8.74. The number of hydrogen-bond donors (Lipinski definition) is 2. The predicted octanol–water partition coefficient (Wildman–Crippen LogP) is 4.17. The van der Waals surface area contributed by atoms with E-state index in [4.69, 9.17) is 12.2 Å². The van der Waals surface area contributed by atoms with Gasteiger partial charge in [-0.15, -0.1) is 0 Å². The average molecular weight is 417 g/mol. The highest BCUT2D eigenvalue weighted by Crippen LogP contribution is 2.35. The van der Waals surface area contributed by atoms with Crippen LogP contribution in [-0.4, -0.2) is 27.9 Å². The lowest BCUT2D eigenvalue weighted by Gasteiger charge is -2.36. The summed E-state index contributed by atoms with van der Waals surface area (Å²) in [5.74, 6) is 0.102. The number of carbonyl (C=O) groups excluding carboxylic acids is 1. The Morgan fingerprint density at radius 1 is 1.24 bits per heavy atom. The van der Waals surface area contributed by atoms with Crippen molar-refractivity contribution in [3.8, 4) is 5.75 Å². The lowest BCUT2D eigenvalue weighted by molar-refractivity contribution is 0.102. The number of ketones is 1. The van der Waals surface area contributed by atoms with E-state index in [1.807, 2.05) is 32.2 Å². The SMILES string of the molecule is CC1=C(C(=O)c2ccccc2)C(c2ccc(O)c(Br)c2)NC(=S)N1C. The number of phenolic OH excluding ortho intramolecular Hbond substituents is 1. The molecule has 2 aromatic carbocycles. The smallest absolute Gasteiger partial charge is 0.193 e. The molecule has 1 heterocycles. The number of thiocarbonyl (C=S) groups is 1. The van der Waals surface area contributed by atoms with Crippen molar-refractivity contribution in [2.75, 3.05) is 7.05 Å². The Kier molecular flexibility index (Phi) is 4.92. The Labute approximate surface area is 160 Å². The number of rotatable bonds is 3. The van der Waals surface area contributed by atoms with Gasteiger partial charge in [0.2, 0.25) is 0 Å². The summed E-state index contributed by atoms with van der Waals surface area (Å²) in [5.41, 5.74) is 2.92. The molecule has 0 spiro atoms. The molecular weight excluding hydrogens is 400 g/mol. The molecule has 0 saturated heterocycles. The van der Waals surface area contributed by atoms with Gasteiger partial charge in [0.1, 0.15) is 5.75 Å². The van der Waals surface area contributed by atoms with Gasteiger partial charge in [0.15, 0.2) is 10.9 Å². The maximum atomic E-state index is 13.2. The van der Waals surface area contributed by atoms with Crippen LogP contribution < -0.4 is 5.32 Å². The Bertz CT molecular complexity index is 880. The fraction of sp³-hybridized carbons (Fsp3) is 0.158. The average Bonchev–Trinajstić information content (AvgIpc) is 2.62. The predicted molar refractivity (Wildman–Crippen MR) is 106 cm³/mol. The number of nitrogens with zero attached hydrogens (tertiary/aromatic N) is 1. The van der Waals surface area contributed by atoms with Crippen molar-refractivity contribution in [2.45, 2.75) is 13.0 Å². The van der Waals surface area contributed by atoms with Crippen molar-refractivity contribution in [3.63, 3.8) is 0 Å². The molecule has 1 aliphatic heterocycles. The summed E-state index contributed by atoms with van der Waals surface area (Å²) in [6.45, 7) is 1.89. The Balaban J connectivity index is 2.13. The highest BCUT2D eigenvalue weighted by molar-refractivity contribution is 9.10. The second-order valence-corrected chi connectivity index (χ2v) is 7.09. The zero-order valence-electron chi connectivity index (χ0n) is 13.8. The monoisotopic (exact) mass is 416 g/mol. The molecule has 25 heavy (non-hydrogen) atoms. The molecule has 0 radical (unpaired) electrons. The third-order valence-corrected chi connectivity index (χ3v) is 5.37. The summed E-state index contributed by atoms with van der Waals surface area (Å²) in [6, 6.07) is 14.0. The van der Waals surface area contributed by atoms with E-state index in [0.29, 0.717) is 20.7 Å². The number of nitrogens with one attached hydrogen (secondary N) is 1. The zero-order valence-corrected chi connectivity index (χ0v) is 16.2. The number of carbonyl (C=O) groups is 1. The van der Waals surface area contributed by atoms with Crippen LogP contribution in [0.15, 0.2) is 64.3 Å². The minimum Gasteiger partial charge on any atom is -0.507 e. The number of allylic oxidation sites excluding steroid dienone is 1. The van der Waals surface area contributed by atoms with Gasteiger partial charge in [-0.05, 0) is 52.8 Å². The van der Waals surface area contributed by atoms with Gasteiger partial charge in [0, 0.05) is 23.9 Å². The van der Waals surface area contributed by atoms with E-state index in [1.165, 1.54) is 0 Å². The Morgan fingerprint density at radius 2 is 1.92 bits per heavy atom. The van der Waals surface area contributed by atoms with Crippen LogP contribution in [0.5, 0.6) is 5.75 Å². The molecular formula is C19H17BrN2O2S. The molecule has 0 fully saturated rings. The summed E-state index contributed by atoms with van der Waals surface area (Å²) in [4.78, 5) is 15.0. The molecule has 0 saturated carbocycles. The second kappa shape index (κ2) is 6.98. The fourth-order valence-electron chi connectivity index (χ4n) is 2.83. The zero-order chi connectivity index (χ0) is 18.1. The number of benzene rings is 2. The third-order valence-electron chi connectivity index (χ3n) is 4.34. The van der Waals surface area contributed by atoms with Gasteiger partial charge in [0.25, 0.3) is 0 Å². The summed E-state index contributed by atoms with van der Waals surface area (Å²) in [5, 5.41) is 13.5. The van der Waals surface area contributed by atoms with Crippen LogP contribution >= 0.6 is 28.1 Å². The van der Waals surface area contributed by atoms with Gasteiger partial charge in [0.05, 0.1) is 10.5 Å². The van der Waals surface area contributed by atoms with E-state index >= 15 is 0 Å².